The summed E-state index contributed by atoms with van der Waals surface area (Å²) in [6, 6.07) is 0. The molecule has 0 aromatic carbocycles. The topological polar surface area (TPSA) is 0 Å². The largest absolute Gasteiger partial charge is 0.255 e. The van der Waals surface area contributed by atoms with Gasteiger partial charge in [0.05, 0.1) is 5.92 Å². The summed E-state index contributed by atoms with van der Waals surface area (Å²) in [6.07, 6.45) is 2.01. The van der Waals surface area contributed by atoms with Crippen molar-refractivity contribution in [2.24, 2.45) is 5.92 Å². The Morgan fingerprint density at radius 1 is 1.47 bits per heavy atom. The summed E-state index contributed by atoms with van der Waals surface area (Å²) >= 11 is 1.72. The number of hydrogen-bond acceptors (Lipinski definition) is 1. The van der Waals surface area contributed by atoms with Gasteiger partial charge in [0, 0.05) is 16.2 Å². The minimum atomic E-state index is -2.42. The Kier molecular flexibility index (Phi) is 1.83. The molecular formula is C12H14F2S. The van der Waals surface area contributed by atoms with Crippen molar-refractivity contribution in [3.05, 3.63) is 20.9 Å². The Balaban J connectivity index is 2.11. The number of hydrogen-bond donors (Lipinski definition) is 0. The molecule has 0 aliphatic heterocycles. The van der Waals surface area contributed by atoms with E-state index in [9.17, 15) is 8.78 Å². The van der Waals surface area contributed by atoms with Gasteiger partial charge in [0.25, 0.3) is 5.92 Å². The fourth-order valence-electron chi connectivity index (χ4n) is 3.26. The Labute approximate surface area is 92.3 Å². The predicted octanol–water partition coefficient (Wildman–Crippen LogP) is 3.91. The molecule has 0 spiro atoms. The predicted molar refractivity (Wildman–Crippen MR) is 57.9 cm³/mol. The lowest BCUT2D eigenvalue weighted by atomic mass is 9.70. The van der Waals surface area contributed by atoms with Crippen LogP contribution < -0.4 is 0 Å². The second-order valence-corrected chi connectivity index (χ2v) is 6.04. The molecule has 0 radical (unpaired) electrons. The second-order valence-electron chi connectivity index (χ2n) is 4.73. The molecule has 15 heavy (non-hydrogen) atoms. The number of alkyl halides is 2. The van der Waals surface area contributed by atoms with Crippen molar-refractivity contribution < 1.29 is 8.78 Å². The summed E-state index contributed by atoms with van der Waals surface area (Å²) in [6.45, 7) is 4.11. The van der Waals surface area contributed by atoms with E-state index in [1.807, 2.05) is 6.92 Å². The van der Waals surface area contributed by atoms with Gasteiger partial charge in [-0.05, 0) is 36.8 Å². The first-order valence-corrected chi connectivity index (χ1v) is 6.35. The van der Waals surface area contributed by atoms with Gasteiger partial charge in [-0.1, -0.05) is 6.92 Å². The van der Waals surface area contributed by atoms with E-state index in [2.05, 4.69) is 6.92 Å². The Morgan fingerprint density at radius 3 is 2.80 bits per heavy atom. The van der Waals surface area contributed by atoms with Gasteiger partial charge in [0.1, 0.15) is 0 Å². The van der Waals surface area contributed by atoms with Gasteiger partial charge in [-0.25, -0.2) is 8.78 Å². The highest BCUT2D eigenvalue weighted by atomic mass is 32.1. The number of fused-ring (bicyclic) bond motifs is 3. The highest BCUT2D eigenvalue weighted by Gasteiger charge is 2.60. The lowest BCUT2D eigenvalue weighted by Crippen LogP contribution is -2.43. The maximum atomic E-state index is 13.5. The third kappa shape index (κ3) is 1.10. The average molecular weight is 228 g/mol. The molecule has 1 aromatic rings. The van der Waals surface area contributed by atoms with Crippen molar-refractivity contribution in [3.8, 4) is 0 Å². The van der Waals surface area contributed by atoms with Gasteiger partial charge >= 0.3 is 0 Å². The number of halogens is 2. The standard InChI is InChI=1S/C12H14F2S/c1-3-9-8-4-7-5-12(13,14)11(7)10(8)6(2)15-9/h7,11H,3-5H2,1-2H3. The van der Waals surface area contributed by atoms with Gasteiger partial charge in [-0.2, -0.15) is 0 Å². The van der Waals surface area contributed by atoms with Crippen LogP contribution in [-0.4, -0.2) is 5.92 Å². The fraction of sp³-hybridized carbons (Fsp3) is 0.667. The Morgan fingerprint density at radius 2 is 2.20 bits per heavy atom. The minimum Gasteiger partial charge on any atom is -0.206 e. The summed E-state index contributed by atoms with van der Waals surface area (Å²) in [5.41, 5.74) is 2.28. The first kappa shape index (κ1) is 9.76. The first-order valence-electron chi connectivity index (χ1n) is 5.53. The van der Waals surface area contributed by atoms with Crippen LogP contribution in [0.4, 0.5) is 8.78 Å². The van der Waals surface area contributed by atoms with E-state index in [4.69, 9.17) is 0 Å². The molecular weight excluding hydrogens is 214 g/mol. The van der Waals surface area contributed by atoms with Crippen LogP contribution in [0.25, 0.3) is 0 Å². The highest BCUT2D eigenvalue weighted by molar-refractivity contribution is 7.12. The van der Waals surface area contributed by atoms with E-state index in [-0.39, 0.29) is 12.3 Å². The van der Waals surface area contributed by atoms with Crippen LogP contribution in [-0.2, 0) is 12.8 Å². The van der Waals surface area contributed by atoms with Crippen LogP contribution in [0.2, 0.25) is 0 Å². The molecule has 82 valence electrons. The molecule has 0 amide bonds. The minimum absolute atomic E-state index is 0.111. The molecule has 0 N–H and O–H groups in total. The van der Waals surface area contributed by atoms with Crippen molar-refractivity contribution in [1.29, 1.82) is 0 Å². The lowest BCUT2D eigenvalue weighted by Gasteiger charge is -2.40. The summed E-state index contributed by atoms with van der Waals surface area (Å²) in [7, 11) is 0. The smallest absolute Gasteiger partial charge is 0.206 e. The maximum absolute atomic E-state index is 13.5. The fourth-order valence-corrected chi connectivity index (χ4v) is 4.45. The van der Waals surface area contributed by atoms with Crippen molar-refractivity contribution in [3.63, 3.8) is 0 Å². The van der Waals surface area contributed by atoms with Crippen molar-refractivity contribution in [1.82, 2.24) is 0 Å². The van der Waals surface area contributed by atoms with Gasteiger partial charge in [-0.3, -0.25) is 0 Å². The SMILES string of the molecule is CCc1sc(C)c2c1CC1CC(F)(F)C21. The van der Waals surface area contributed by atoms with Crippen molar-refractivity contribution in [2.75, 3.05) is 0 Å². The van der Waals surface area contributed by atoms with Crippen LogP contribution in [0.15, 0.2) is 0 Å². The normalized spacial score (nSPS) is 30.9. The molecule has 0 saturated heterocycles. The maximum Gasteiger partial charge on any atom is 0.255 e. The summed E-state index contributed by atoms with van der Waals surface area (Å²) in [4.78, 5) is 2.47. The number of thiophene rings is 1. The van der Waals surface area contributed by atoms with E-state index in [1.165, 1.54) is 10.4 Å². The van der Waals surface area contributed by atoms with E-state index in [1.54, 1.807) is 11.3 Å². The van der Waals surface area contributed by atoms with Gasteiger partial charge in [-0.15, -0.1) is 11.3 Å². The molecule has 0 bridgehead atoms. The van der Waals surface area contributed by atoms with E-state index >= 15 is 0 Å². The van der Waals surface area contributed by atoms with Gasteiger partial charge in [0.2, 0.25) is 0 Å². The first-order chi connectivity index (χ1) is 7.04. The lowest BCUT2D eigenvalue weighted by molar-refractivity contribution is -0.129. The Hall–Kier alpha value is -0.440. The third-order valence-electron chi connectivity index (χ3n) is 3.88. The molecule has 2 aliphatic rings. The van der Waals surface area contributed by atoms with Gasteiger partial charge in [0.15, 0.2) is 0 Å². The van der Waals surface area contributed by atoms with Crippen LogP contribution >= 0.6 is 11.3 Å². The zero-order valence-electron chi connectivity index (χ0n) is 8.94. The van der Waals surface area contributed by atoms with Crippen LogP contribution in [0.5, 0.6) is 0 Å². The van der Waals surface area contributed by atoms with Crippen molar-refractivity contribution in [2.45, 2.75) is 45.0 Å². The van der Waals surface area contributed by atoms with Gasteiger partial charge < -0.3 is 0 Å². The zero-order chi connectivity index (χ0) is 10.8. The quantitative estimate of drug-likeness (QED) is 0.683. The molecule has 3 rings (SSSR count). The zero-order valence-corrected chi connectivity index (χ0v) is 9.76. The number of aryl methyl sites for hydroxylation is 2. The Bertz CT molecular complexity index is 420. The molecule has 1 heterocycles. The molecule has 0 nitrogen and oxygen atoms in total. The number of rotatable bonds is 1. The van der Waals surface area contributed by atoms with Crippen LogP contribution in [0.3, 0.4) is 0 Å². The molecule has 2 aliphatic carbocycles. The highest BCUT2D eigenvalue weighted by Crippen LogP contribution is 2.62. The molecule has 2 atom stereocenters. The molecule has 3 heteroatoms. The van der Waals surface area contributed by atoms with E-state index in [0.717, 1.165) is 23.3 Å². The second kappa shape index (κ2) is 2.82. The monoisotopic (exact) mass is 228 g/mol. The van der Waals surface area contributed by atoms with E-state index in [0.29, 0.717) is 0 Å². The van der Waals surface area contributed by atoms with E-state index < -0.39 is 11.8 Å². The summed E-state index contributed by atoms with van der Waals surface area (Å²) in [5.74, 6) is -2.63. The molecule has 1 fully saturated rings. The molecule has 2 unspecified atom stereocenters. The van der Waals surface area contributed by atoms with Crippen LogP contribution in [0.1, 0.15) is 40.1 Å². The summed E-state index contributed by atoms with van der Waals surface area (Å²) < 4.78 is 26.9. The molecule has 1 saturated carbocycles. The van der Waals surface area contributed by atoms with Crippen LogP contribution in [0, 0.1) is 12.8 Å². The van der Waals surface area contributed by atoms with Crippen molar-refractivity contribution >= 4 is 11.3 Å². The average Bonchev–Trinajstić information content (AvgIpc) is 2.61. The molecule has 1 aromatic heterocycles. The summed E-state index contributed by atoms with van der Waals surface area (Å²) in [5, 5.41) is 0. The third-order valence-corrected chi connectivity index (χ3v) is 5.18.